The monoisotopic (exact) mass is 478 g/mol. The highest BCUT2D eigenvalue weighted by molar-refractivity contribution is 5.80. The zero-order valence-electron chi connectivity index (χ0n) is 20.3. The van der Waals surface area contributed by atoms with Crippen molar-refractivity contribution in [3.63, 3.8) is 0 Å². The maximum Gasteiger partial charge on any atom is 0.407 e. The van der Waals surface area contributed by atoms with E-state index >= 15 is 0 Å². The minimum Gasteiger partial charge on any atom is -0.481 e. The van der Waals surface area contributed by atoms with Crippen LogP contribution in [0.15, 0.2) is 48.5 Å². The van der Waals surface area contributed by atoms with Gasteiger partial charge in [0.05, 0.1) is 6.42 Å². The van der Waals surface area contributed by atoms with E-state index < -0.39 is 12.1 Å². The van der Waals surface area contributed by atoms with E-state index in [4.69, 9.17) is 9.84 Å². The highest BCUT2D eigenvalue weighted by Crippen LogP contribution is 2.44. The summed E-state index contributed by atoms with van der Waals surface area (Å²) < 4.78 is 5.63. The van der Waals surface area contributed by atoms with Crippen molar-refractivity contribution in [2.24, 2.45) is 17.8 Å². The summed E-state index contributed by atoms with van der Waals surface area (Å²) in [5.74, 6) is -1.05. The summed E-state index contributed by atoms with van der Waals surface area (Å²) in [6, 6.07) is 16.3. The molecule has 0 heterocycles. The second-order valence-corrected chi connectivity index (χ2v) is 10.0. The summed E-state index contributed by atoms with van der Waals surface area (Å²) in [5, 5.41) is 14.9. The van der Waals surface area contributed by atoms with Crippen LogP contribution in [-0.2, 0) is 14.3 Å². The Morgan fingerprint density at radius 1 is 1.00 bits per heavy atom. The van der Waals surface area contributed by atoms with Crippen molar-refractivity contribution < 1.29 is 24.2 Å². The fraction of sp³-hybridized carbons (Fsp3) is 0.464. The van der Waals surface area contributed by atoms with Crippen LogP contribution in [0.2, 0.25) is 0 Å². The molecule has 0 bridgehead atoms. The molecule has 2 aromatic rings. The molecule has 7 nitrogen and oxygen atoms in total. The molecule has 0 saturated heterocycles. The molecule has 2 amide bonds. The van der Waals surface area contributed by atoms with Crippen LogP contribution in [-0.4, -0.2) is 42.3 Å². The lowest BCUT2D eigenvalue weighted by Crippen LogP contribution is -2.37. The van der Waals surface area contributed by atoms with E-state index in [1.807, 2.05) is 38.1 Å². The Kier molecular flexibility index (Phi) is 7.73. The first-order chi connectivity index (χ1) is 16.8. The Morgan fingerprint density at radius 2 is 1.63 bits per heavy atom. The summed E-state index contributed by atoms with van der Waals surface area (Å²) in [6.07, 6.45) is 1.53. The van der Waals surface area contributed by atoms with Crippen LogP contribution in [0.3, 0.4) is 0 Å². The molecule has 0 radical (unpaired) electrons. The smallest absolute Gasteiger partial charge is 0.407 e. The summed E-state index contributed by atoms with van der Waals surface area (Å²) in [6.45, 7) is 4.54. The Hall–Kier alpha value is -3.35. The number of carboxylic acids is 1. The first-order valence-corrected chi connectivity index (χ1v) is 12.4. The largest absolute Gasteiger partial charge is 0.481 e. The van der Waals surface area contributed by atoms with E-state index in [-0.39, 0.29) is 48.6 Å². The number of ether oxygens (including phenoxy) is 1. The van der Waals surface area contributed by atoms with Crippen molar-refractivity contribution in [3.8, 4) is 11.1 Å². The number of hydrogen-bond acceptors (Lipinski definition) is 4. The van der Waals surface area contributed by atoms with Crippen LogP contribution in [0.1, 0.15) is 56.6 Å². The number of carbonyl (C=O) groups is 3. The number of alkyl carbamates (subject to hydrolysis) is 1. The molecule has 2 aliphatic rings. The second kappa shape index (κ2) is 10.9. The fourth-order valence-electron chi connectivity index (χ4n) is 5.30. The van der Waals surface area contributed by atoms with Gasteiger partial charge < -0.3 is 20.5 Å². The average Bonchev–Trinajstić information content (AvgIpc) is 3.42. The number of rotatable bonds is 9. The van der Waals surface area contributed by atoms with Gasteiger partial charge in [-0.1, -0.05) is 62.4 Å². The minimum absolute atomic E-state index is 0.00922. The van der Waals surface area contributed by atoms with Crippen LogP contribution in [0.5, 0.6) is 0 Å². The van der Waals surface area contributed by atoms with Crippen molar-refractivity contribution in [3.05, 3.63) is 59.7 Å². The fourth-order valence-corrected chi connectivity index (χ4v) is 5.30. The average molecular weight is 479 g/mol. The van der Waals surface area contributed by atoms with Crippen LogP contribution in [0.4, 0.5) is 4.79 Å². The molecule has 2 aromatic carbocycles. The van der Waals surface area contributed by atoms with E-state index in [0.717, 1.165) is 0 Å². The van der Waals surface area contributed by atoms with Crippen LogP contribution >= 0.6 is 0 Å². The molecule has 1 unspecified atom stereocenters. The van der Waals surface area contributed by atoms with Gasteiger partial charge in [-0.2, -0.15) is 0 Å². The van der Waals surface area contributed by atoms with Crippen LogP contribution < -0.4 is 10.6 Å². The molecule has 0 aromatic heterocycles. The molecule has 35 heavy (non-hydrogen) atoms. The summed E-state index contributed by atoms with van der Waals surface area (Å²) >= 11 is 0. The van der Waals surface area contributed by atoms with E-state index in [9.17, 15) is 14.4 Å². The third kappa shape index (κ3) is 5.84. The highest BCUT2D eigenvalue weighted by atomic mass is 16.5. The van der Waals surface area contributed by atoms with E-state index in [0.29, 0.717) is 25.8 Å². The zero-order chi connectivity index (χ0) is 24.9. The minimum atomic E-state index is -0.855. The predicted octanol–water partition coefficient (Wildman–Crippen LogP) is 4.56. The Labute approximate surface area is 206 Å². The molecule has 1 fully saturated rings. The van der Waals surface area contributed by atoms with Gasteiger partial charge in [0, 0.05) is 24.4 Å². The summed E-state index contributed by atoms with van der Waals surface area (Å²) in [5.41, 5.74) is 4.71. The second-order valence-electron chi connectivity index (χ2n) is 10.0. The molecule has 7 heteroatoms. The number of nitrogens with one attached hydrogen (secondary N) is 2. The van der Waals surface area contributed by atoms with Crippen molar-refractivity contribution in [2.45, 2.75) is 51.5 Å². The normalized spacial score (nSPS) is 19.6. The number of fused-ring (bicyclic) bond motifs is 3. The number of carboxylic acid groups (broad SMARTS) is 1. The van der Waals surface area contributed by atoms with Gasteiger partial charge in [-0.25, -0.2) is 4.79 Å². The summed E-state index contributed by atoms with van der Waals surface area (Å²) in [4.78, 5) is 36.2. The maximum atomic E-state index is 12.6. The van der Waals surface area contributed by atoms with Gasteiger partial charge in [0.15, 0.2) is 0 Å². The van der Waals surface area contributed by atoms with Crippen molar-refractivity contribution in [1.29, 1.82) is 0 Å². The first-order valence-electron chi connectivity index (χ1n) is 12.4. The number of hydrogen-bond donors (Lipinski definition) is 3. The molecule has 0 spiro atoms. The zero-order valence-corrected chi connectivity index (χ0v) is 20.3. The molecule has 0 aliphatic heterocycles. The lowest BCUT2D eigenvalue weighted by molar-refractivity contribution is -0.138. The molecular weight excluding hydrogens is 444 g/mol. The molecular formula is C28H34N2O5. The number of amides is 2. The number of aliphatic carboxylic acids is 1. The lowest BCUT2D eigenvalue weighted by Gasteiger charge is -2.21. The lowest BCUT2D eigenvalue weighted by atomic mass is 9.92. The van der Waals surface area contributed by atoms with Gasteiger partial charge in [-0.3, -0.25) is 9.59 Å². The van der Waals surface area contributed by atoms with E-state index in [1.165, 1.54) is 22.3 Å². The molecule has 3 atom stereocenters. The van der Waals surface area contributed by atoms with Crippen molar-refractivity contribution in [1.82, 2.24) is 10.6 Å². The third-order valence-corrected chi connectivity index (χ3v) is 7.39. The quantitative estimate of drug-likeness (QED) is 0.490. The van der Waals surface area contributed by atoms with Gasteiger partial charge in [-0.05, 0) is 53.4 Å². The van der Waals surface area contributed by atoms with E-state index in [1.54, 1.807) is 0 Å². The molecule has 186 valence electrons. The Balaban J connectivity index is 1.25. The molecule has 1 saturated carbocycles. The van der Waals surface area contributed by atoms with Crippen molar-refractivity contribution in [2.75, 3.05) is 13.2 Å². The van der Waals surface area contributed by atoms with Gasteiger partial charge in [0.1, 0.15) is 6.61 Å². The van der Waals surface area contributed by atoms with E-state index in [2.05, 4.69) is 34.9 Å². The number of benzene rings is 2. The topological polar surface area (TPSA) is 105 Å². The van der Waals surface area contributed by atoms with Gasteiger partial charge in [-0.15, -0.1) is 0 Å². The maximum absolute atomic E-state index is 12.6. The SMILES string of the molecule is CC(C)C(CNC(=O)[C@@H]1CC[C@H](NC(=O)OCC2c3ccccc3-c3ccccc32)C1)CC(=O)O. The van der Waals surface area contributed by atoms with Crippen molar-refractivity contribution >= 4 is 18.0 Å². The van der Waals surface area contributed by atoms with Crippen LogP contribution in [0, 0.1) is 17.8 Å². The predicted molar refractivity (Wildman–Crippen MR) is 133 cm³/mol. The molecule has 2 aliphatic carbocycles. The number of carbonyl (C=O) groups excluding carboxylic acids is 2. The van der Waals surface area contributed by atoms with Gasteiger partial charge in [0.25, 0.3) is 0 Å². The standard InChI is InChI=1S/C28H34N2O5/c1-17(2)19(14-26(31)32)15-29-27(33)18-11-12-20(13-18)30-28(34)35-16-25-23-9-5-3-7-21(23)22-8-4-6-10-24(22)25/h3-10,17-20,25H,11-16H2,1-2H3,(H,29,33)(H,30,34)(H,31,32)/t18-,19?,20+/m1/s1. The summed E-state index contributed by atoms with van der Waals surface area (Å²) in [7, 11) is 0. The Bertz CT molecular complexity index is 1040. The third-order valence-electron chi connectivity index (χ3n) is 7.39. The van der Waals surface area contributed by atoms with Gasteiger partial charge >= 0.3 is 12.1 Å². The molecule has 3 N–H and O–H groups in total. The van der Waals surface area contributed by atoms with Crippen LogP contribution in [0.25, 0.3) is 11.1 Å². The van der Waals surface area contributed by atoms with Gasteiger partial charge in [0.2, 0.25) is 5.91 Å². The first kappa shape index (κ1) is 24.8. The highest BCUT2D eigenvalue weighted by Gasteiger charge is 2.33. The molecule has 4 rings (SSSR count). The Morgan fingerprint density at radius 3 is 2.23 bits per heavy atom.